The molecule has 0 amide bonds. The van der Waals surface area contributed by atoms with Crippen LogP contribution in [0.5, 0.6) is 0 Å². The average molecular weight is 404 g/mol. The third-order valence-corrected chi connectivity index (χ3v) is 6.15. The summed E-state index contributed by atoms with van der Waals surface area (Å²) in [5.41, 5.74) is 0.403. The Morgan fingerprint density at radius 3 is 2.47 bits per heavy atom. The molecule has 154 valence electrons. The van der Waals surface area contributed by atoms with Gasteiger partial charge in [-0.25, -0.2) is 0 Å². The van der Waals surface area contributed by atoms with E-state index in [-0.39, 0.29) is 55.2 Å². The molecular weight excluding hydrogens is 380 g/mol. The quantitative estimate of drug-likeness (QED) is 0.383. The Bertz CT molecular complexity index is 952. The summed E-state index contributed by atoms with van der Waals surface area (Å²) in [5, 5.41) is 20.0. The molecule has 3 aliphatic rings. The van der Waals surface area contributed by atoms with Gasteiger partial charge < -0.3 is 9.47 Å². The summed E-state index contributed by atoms with van der Waals surface area (Å²) in [4.78, 5) is 22.1. The molecule has 3 aliphatic carbocycles. The van der Waals surface area contributed by atoms with E-state index in [2.05, 4.69) is 42.7 Å². The molecule has 0 aromatic carbocycles. The minimum absolute atomic E-state index is 0.0385. The fourth-order valence-corrected chi connectivity index (χ4v) is 4.63. The van der Waals surface area contributed by atoms with Crippen molar-refractivity contribution in [2.24, 2.45) is 35.0 Å². The molecule has 5 atom stereocenters. The number of nitriles is 2. The minimum Gasteiger partial charge on any atom is -0.465 e. The third-order valence-electron chi connectivity index (χ3n) is 6.15. The molecule has 0 aromatic rings. The van der Waals surface area contributed by atoms with Crippen molar-refractivity contribution in [1.29, 1.82) is 10.5 Å². The molecule has 3 rings (SSSR count). The maximum absolute atomic E-state index is 11.2. The van der Waals surface area contributed by atoms with Crippen LogP contribution in [0.2, 0.25) is 0 Å². The van der Waals surface area contributed by atoms with Crippen LogP contribution < -0.4 is 0 Å². The zero-order valence-corrected chi connectivity index (χ0v) is 17.2. The number of carbonyl (C=O) groups is 2. The summed E-state index contributed by atoms with van der Waals surface area (Å²) in [7, 11) is 0. The van der Waals surface area contributed by atoms with E-state index < -0.39 is 11.4 Å². The topological polar surface area (TPSA) is 100 Å². The molecule has 6 nitrogen and oxygen atoms in total. The molecule has 2 unspecified atom stereocenters. The van der Waals surface area contributed by atoms with Crippen LogP contribution in [0.3, 0.4) is 0 Å². The Labute approximate surface area is 176 Å². The highest BCUT2D eigenvalue weighted by Crippen LogP contribution is 2.60. The molecule has 2 bridgehead atoms. The Balaban J connectivity index is 1.86. The number of fused-ring (bicyclic) bond motifs is 2. The lowest BCUT2D eigenvalue weighted by atomic mass is 9.64. The predicted octanol–water partition coefficient (Wildman–Crippen LogP) is 3.09. The number of rotatable bonds is 6. The first-order valence-corrected chi connectivity index (χ1v) is 9.97. The van der Waals surface area contributed by atoms with Gasteiger partial charge in [-0.05, 0) is 35.7 Å². The van der Waals surface area contributed by atoms with Gasteiger partial charge in [0.05, 0.1) is 18.7 Å². The summed E-state index contributed by atoms with van der Waals surface area (Å²) >= 11 is 0. The molecule has 0 aromatic heterocycles. The van der Waals surface area contributed by atoms with Gasteiger partial charge in [-0.2, -0.15) is 10.5 Å². The van der Waals surface area contributed by atoms with Crippen LogP contribution in [0.25, 0.3) is 0 Å². The highest BCUT2D eigenvalue weighted by atomic mass is 16.5. The number of esters is 2. The molecule has 0 radical (unpaired) electrons. The molecule has 6 heteroatoms. The van der Waals surface area contributed by atoms with Crippen LogP contribution in [0, 0.1) is 69.5 Å². The van der Waals surface area contributed by atoms with Gasteiger partial charge in [-0.15, -0.1) is 0 Å². The van der Waals surface area contributed by atoms with Crippen molar-refractivity contribution in [3.63, 3.8) is 0 Å². The Hall–Kier alpha value is -3.30. The van der Waals surface area contributed by atoms with Crippen molar-refractivity contribution in [2.75, 3.05) is 13.2 Å². The number of carbonyl (C=O) groups excluding carboxylic acids is 2. The van der Waals surface area contributed by atoms with Crippen LogP contribution in [0.15, 0.2) is 36.0 Å². The van der Waals surface area contributed by atoms with E-state index in [0.29, 0.717) is 0 Å². The summed E-state index contributed by atoms with van der Waals surface area (Å²) in [6.07, 6.45) is 7.32. The largest absolute Gasteiger partial charge is 0.465 e. The molecule has 0 N–H and O–H groups in total. The van der Waals surface area contributed by atoms with Crippen molar-refractivity contribution < 1.29 is 19.1 Å². The fourth-order valence-electron chi connectivity index (χ4n) is 4.63. The van der Waals surface area contributed by atoms with Crippen LogP contribution in [-0.4, -0.2) is 25.2 Å². The first-order valence-electron chi connectivity index (χ1n) is 9.97. The van der Waals surface area contributed by atoms with E-state index in [1.807, 2.05) is 6.08 Å². The van der Waals surface area contributed by atoms with Crippen LogP contribution in [-0.2, 0) is 19.1 Å². The Morgan fingerprint density at radius 2 is 1.83 bits per heavy atom. The average Bonchev–Trinajstić information content (AvgIpc) is 3.17. The summed E-state index contributed by atoms with van der Waals surface area (Å²) in [6, 6.07) is 4.43. The van der Waals surface area contributed by atoms with Crippen LogP contribution in [0.4, 0.5) is 0 Å². The van der Waals surface area contributed by atoms with Crippen molar-refractivity contribution >= 4 is 11.9 Å². The monoisotopic (exact) mass is 404 g/mol. The molecule has 30 heavy (non-hydrogen) atoms. The normalized spacial score (nSPS) is 28.3. The lowest BCUT2D eigenvalue weighted by molar-refractivity contribution is -0.141. The van der Waals surface area contributed by atoms with Gasteiger partial charge in [-0.3, -0.25) is 9.59 Å². The summed E-state index contributed by atoms with van der Waals surface area (Å²) in [6.45, 7) is 7.03. The van der Waals surface area contributed by atoms with E-state index in [4.69, 9.17) is 9.47 Å². The number of hydrogen-bond acceptors (Lipinski definition) is 6. The first kappa shape index (κ1) is 21.4. The van der Waals surface area contributed by atoms with Crippen LogP contribution >= 0.6 is 0 Å². The van der Waals surface area contributed by atoms with Crippen molar-refractivity contribution in [3.05, 3.63) is 36.0 Å². The lowest BCUT2D eigenvalue weighted by Crippen LogP contribution is -2.33. The number of hydrogen-bond donors (Lipinski definition) is 0. The summed E-state index contributed by atoms with van der Waals surface area (Å²) in [5.74, 6) is 5.29. The van der Waals surface area contributed by atoms with Crippen molar-refractivity contribution in [1.82, 2.24) is 0 Å². The van der Waals surface area contributed by atoms with E-state index in [9.17, 15) is 20.1 Å². The second kappa shape index (κ2) is 8.60. The van der Waals surface area contributed by atoms with Crippen molar-refractivity contribution in [3.8, 4) is 24.0 Å². The van der Waals surface area contributed by atoms with Gasteiger partial charge in [-0.1, -0.05) is 42.2 Å². The van der Waals surface area contributed by atoms with Crippen LogP contribution in [0.1, 0.15) is 26.7 Å². The molecular formula is C24H24N2O4. The highest BCUT2D eigenvalue weighted by molar-refractivity contribution is 5.66. The maximum Gasteiger partial charge on any atom is 0.303 e. The smallest absolute Gasteiger partial charge is 0.303 e. The molecule has 0 spiro atoms. The molecule has 1 saturated carbocycles. The number of ether oxygens (including phenoxy) is 2. The van der Waals surface area contributed by atoms with E-state index >= 15 is 0 Å². The van der Waals surface area contributed by atoms with Gasteiger partial charge in [0, 0.05) is 26.2 Å². The van der Waals surface area contributed by atoms with Crippen molar-refractivity contribution in [2.45, 2.75) is 26.7 Å². The Kier molecular flexibility index (Phi) is 6.14. The number of nitrogens with zero attached hydrogens (tertiary/aromatic N) is 2. The predicted molar refractivity (Wildman–Crippen MR) is 108 cm³/mol. The summed E-state index contributed by atoms with van der Waals surface area (Å²) < 4.78 is 9.99. The van der Waals surface area contributed by atoms with Gasteiger partial charge in [0.25, 0.3) is 0 Å². The second-order valence-electron chi connectivity index (χ2n) is 8.05. The van der Waals surface area contributed by atoms with Gasteiger partial charge in [0.15, 0.2) is 12.0 Å². The minimum atomic E-state index is -1.38. The highest BCUT2D eigenvalue weighted by Gasteiger charge is 2.56. The van der Waals surface area contributed by atoms with Gasteiger partial charge in [0.2, 0.25) is 0 Å². The second-order valence-corrected chi connectivity index (χ2v) is 8.05. The van der Waals surface area contributed by atoms with E-state index in [0.717, 1.165) is 17.6 Å². The molecule has 0 saturated heterocycles. The molecule has 0 aliphatic heterocycles. The molecule has 0 heterocycles. The molecule has 1 fully saturated rings. The number of allylic oxidation sites excluding steroid dienone is 4. The van der Waals surface area contributed by atoms with Gasteiger partial charge in [0.1, 0.15) is 0 Å². The van der Waals surface area contributed by atoms with E-state index in [1.54, 1.807) is 0 Å². The standard InChI is InChI=1S/C24H24N2O4/c1-15-20(12-30-17(3)28)22(15)23-19-7-6-18(10-19)11-21(23)24(13-25,14-26)8-4-5-9-29-16(2)27/h6-7,11,18-20,22-23H,1,8-10,12H2,2-3H3/t18-,19+,20?,22?,23-/m0/s1. The fraction of sp³-hybridized carbons (Fsp3) is 0.500. The SMILES string of the molecule is C=C1C(COC(C)=O)C1[C@@H]1C(C(C#N)(C#N)CC#CCOC(C)=O)=C[C@H]2C=C[C@@H]1C2. The third kappa shape index (κ3) is 4.17. The zero-order chi connectivity index (χ0) is 21.9. The lowest BCUT2D eigenvalue weighted by Gasteiger charge is -2.36. The van der Waals surface area contributed by atoms with Gasteiger partial charge >= 0.3 is 11.9 Å². The first-order chi connectivity index (χ1) is 14.3. The Morgan fingerprint density at radius 1 is 1.13 bits per heavy atom. The van der Waals surface area contributed by atoms with E-state index in [1.165, 1.54) is 13.8 Å². The maximum atomic E-state index is 11.2. The zero-order valence-electron chi connectivity index (χ0n) is 17.2.